The highest BCUT2D eigenvalue weighted by molar-refractivity contribution is 5.14. The van der Waals surface area contributed by atoms with Gasteiger partial charge in [-0.25, -0.2) is 14.2 Å². The van der Waals surface area contributed by atoms with Crippen LogP contribution in [0.15, 0.2) is 20.1 Å². The largest absolute Gasteiger partial charge is 0.448 e. The molecule has 3 heterocycles. The Morgan fingerprint density at radius 3 is 1.57 bits per heavy atom. The summed E-state index contributed by atoms with van der Waals surface area (Å²) in [6, 6.07) is 0. The first-order valence-electron chi connectivity index (χ1n) is 10.6. The van der Waals surface area contributed by atoms with Crippen molar-refractivity contribution in [3.8, 4) is 0 Å². The number of hydrogen-bond donors (Lipinski definition) is 0. The maximum Gasteiger partial charge on any atom is 0.181 e. The van der Waals surface area contributed by atoms with Gasteiger partial charge in [-0.15, -0.1) is 0 Å². The van der Waals surface area contributed by atoms with E-state index in [-0.39, 0.29) is 0 Å². The Hall–Kier alpha value is -2.51. The molecule has 0 aromatic carbocycles. The first kappa shape index (κ1) is 25.5. The monoisotopic (exact) mass is 419 g/mol. The first-order valence-corrected chi connectivity index (χ1v) is 10.6. The molecule has 0 bridgehead atoms. The second-order valence-electron chi connectivity index (χ2n) is 8.41. The lowest BCUT2D eigenvalue weighted by Gasteiger charge is -2.05. The van der Waals surface area contributed by atoms with Gasteiger partial charge in [0, 0.05) is 17.8 Å². The normalized spacial score (nSPS) is 11.0. The molecule has 0 unspecified atom stereocenters. The maximum atomic E-state index is 5.28. The van der Waals surface area contributed by atoms with Gasteiger partial charge in [-0.1, -0.05) is 82.9 Å². The molecule has 8 nitrogen and oxygen atoms in total. The lowest BCUT2D eigenvalue weighted by Crippen LogP contribution is -1.95. The minimum Gasteiger partial charge on any atom is -0.448 e. The van der Waals surface area contributed by atoms with Crippen LogP contribution in [0.2, 0.25) is 0 Å². The second-order valence-corrected chi connectivity index (χ2v) is 8.41. The molecule has 8 heteroatoms. The lowest BCUT2D eigenvalue weighted by molar-refractivity contribution is 0.299. The van der Waals surface area contributed by atoms with Gasteiger partial charge in [0.25, 0.3) is 0 Å². The quantitative estimate of drug-likeness (QED) is 0.483. The summed E-state index contributed by atoms with van der Waals surface area (Å²) in [5.41, 5.74) is 4.91. The average Bonchev–Trinajstić information content (AvgIpc) is 3.42. The van der Waals surface area contributed by atoms with Crippen molar-refractivity contribution in [3.63, 3.8) is 0 Å². The van der Waals surface area contributed by atoms with Gasteiger partial charge in [0.2, 0.25) is 0 Å². The van der Waals surface area contributed by atoms with Gasteiger partial charge < -0.3 is 4.42 Å². The highest BCUT2D eigenvalue weighted by Crippen LogP contribution is 2.24. The molecule has 3 rings (SSSR count). The van der Waals surface area contributed by atoms with Crippen LogP contribution in [-0.4, -0.2) is 25.6 Å². The van der Waals surface area contributed by atoms with Crippen molar-refractivity contribution in [2.45, 2.75) is 99.3 Å². The maximum absolute atomic E-state index is 5.28. The Bertz CT molecular complexity index is 824. The minimum atomic E-state index is 0.413. The Kier molecular flexibility index (Phi) is 10.4. The third kappa shape index (κ3) is 7.39. The molecule has 168 valence electrons. The zero-order chi connectivity index (χ0) is 22.8. The van der Waals surface area contributed by atoms with Crippen LogP contribution in [0, 0.1) is 6.92 Å². The summed E-state index contributed by atoms with van der Waals surface area (Å²) in [5, 5.41) is 15.0. The number of nitrogens with zero attached hydrogens (tertiary/aromatic N) is 5. The SMILES string of the molecule is CC(C)c1ncoc1C(C)C.CCc1nonc1C(C)C.Cc1nonc1C(C)C. The summed E-state index contributed by atoms with van der Waals surface area (Å²) in [4.78, 5) is 4.17. The number of aromatic nitrogens is 5. The summed E-state index contributed by atoms with van der Waals surface area (Å²) in [5.74, 6) is 2.76. The second kappa shape index (κ2) is 12.2. The summed E-state index contributed by atoms with van der Waals surface area (Å²) >= 11 is 0. The predicted octanol–water partition coefficient (Wildman–Crippen LogP) is 6.18. The molecule has 0 saturated carbocycles. The van der Waals surface area contributed by atoms with Crippen molar-refractivity contribution in [1.82, 2.24) is 25.6 Å². The van der Waals surface area contributed by atoms with Gasteiger partial charge >= 0.3 is 0 Å². The molecule has 0 N–H and O–H groups in total. The standard InChI is InChI=1S/C9H15NO.C7H12N2O.C6H10N2O/c1-6(2)8-9(7(3)4)11-5-10-8;1-4-6-7(5(2)3)9-10-8-6;1-4(2)6-5(3)7-9-8-6/h5-7H,1-4H3;5H,4H2,1-3H3;4H,1-3H3. The zero-order valence-corrected chi connectivity index (χ0v) is 20.1. The van der Waals surface area contributed by atoms with Gasteiger partial charge in [0.05, 0.1) is 5.69 Å². The molecule has 0 atom stereocenters. The van der Waals surface area contributed by atoms with Crippen LogP contribution in [-0.2, 0) is 6.42 Å². The topological polar surface area (TPSA) is 104 Å². The van der Waals surface area contributed by atoms with Crippen LogP contribution in [0.25, 0.3) is 0 Å². The fraction of sp³-hybridized carbons (Fsp3) is 0.682. The van der Waals surface area contributed by atoms with E-state index in [2.05, 4.69) is 90.3 Å². The third-order valence-electron chi connectivity index (χ3n) is 4.40. The third-order valence-corrected chi connectivity index (χ3v) is 4.40. The van der Waals surface area contributed by atoms with Crippen molar-refractivity contribution in [2.75, 3.05) is 0 Å². The van der Waals surface area contributed by atoms with Crippen LogP contribution in [0.5, 0.6) is 0 Å². The minimum absolute atomic E-state index is 0.413. The van der Waals surface area contributed by atoms with E-state index in [4.69, 9.17) is 4.42 Å². The fourth-order valence-electron chi connectivity index (χ4n) is 2.79. The number of oxazole rings is 1. The Morgan fingerprint density at radius 1 is 0.700 bits per heavy atom. The summed E-state index contributed by atoms with van der Waals surface area (Å²) in [7, 11) is 0. The lowest BCUT2D eigenvalue weighted by atomic mass is 10.0. The van der Waals surface area contributed by atoms with Gasteiger partial charge in [-0.3, -0.25) is 0 Å². The van der Waals surface area contributed by atoms with Crippen molar-refractivity contribution < 1.29 is 13.7 Å². The summed E-state index contributed by atoms with van der Waals surface area (Å²) in [6.07, 6.45) is 2.43. The van der Waals surface area contributed by atoms with E-state index in [0.717, 1.165) is 40.7 Å². The number of rotatable bonds is 5. The van der Waals surface area contributed by atoms with Crippen LogP contribution in [0.4, 0.5) is 0 Å². The fourth-order valence-corrected chi connectivity index (χ4v) is 2.79. The summed E-state index contributed by atoms with van der Waals surface area (Å²) in [6.45, 7) is 20.7. The molecule has 0 saturated heterocycles. The van der Waals surface area contributed by atoms with Crippen molar-refractivity contribution in [3.05, 3.63) is 40.6 Å². The first-order chi connectivity index (χ1) is 14.1. The molecule has 3 aromatic rings. The van der Waals surface area contributed by atoms with Gasteiger partial charge in [0.15, 0.2) is 6.39 Å². The molecular weight excluding hydrogens is 382 g/mol. The molecule has 0 radical (unpaired) electrons. The van der Waals surface area contributed by atoms with Crippen molar-refractivity contribution in [1.29, 1.82) is 0 Å². The van der Waals surface area contributed by atoms with Gasteiger partial charge in [0.1, 0.15) is 28.5 Å². The van der Waals surface area contributed by atoms with E-state index in [9.17, 15) is 0 Å². The molecule has 30 heavy (non-hydrogen) atoms. The van der Waals surface area contributed by atoms with E-state index in [1.807, 2.05) is 13.8 Å². The van der Waals surface area contributed by atoms with Crippen molar-refractivity contribution in [2.24, 2.45) is 0 Å². The molecule has 0 aliphatic carbocycles. The van der Waals surface area contributed by atoms with Crippen LogP contribution in [0.1, 0.15) is 120 Å². The van der Waals surface area contributed by atoms with E-state index in [0.29, 0.717) is 23.7 Å². The predicted molar refractivity (Wildman–Crippen MR) is 116 cm³/mol. The average molecular weight is 420 g/mol. The van der Waals surface area contributed by atoms with Gasteiger partial charge in [-0.2, -0.15) is 0 Å². The van der Waals surface area contributed by atoms with Crippen LogP contribution in [0.3, 0.4) is 0 Å². The van der Waals surface area contributed by atoms with E-state index < -0.39 is 0 Å². The highest BCUT2D eigenvalue weighted by Gasteiger charge is 2.14. The smallest absolute Gasteiger partial charge is 0.181 e. The van der Waals surface area contributed by atoms with Crippen LogP contribution < -0.4 is 0 Å². The molecular formula is C22H37N5O3. The summed E-state index contributed by atoms with van der Waals surface area (Å²) < 4.78 is 14.4. The Morgan fingerprint density at radius 2 is 1.23 bits per heavy atom. The molecule has 3 aromatic heterocycles. The van der Waals surface area contributed by atoms with Crippen molar-refractivity contribution >= 4 is 0 Å². The number of hydrogen-bond acceptors (Lipinski definition) is 8. The van der Waals surface area contributed by atoms with Gasteiger partial charge in [-0.05, 0) is 19.3 Å². The molecule has 0 spiro atoms. The molecule has 0 aliphatic heterocycles. The Balaban J connectivity index is 0.000000226. The molecule has 0 fully saturated rings. The number of aryl methyl sites for hydroxylation is 2. The highest BCUT2D eigenvalue weighted by atomic mass is 16.6. The van der Waals surface area contributed by atoms with Crippen LogP contribution >= 0.6 is 0 Å². The molecule has 0 amide bonds. The Labute approximate surface area is 179 Å². The zero-order valence-electron chi connectivity index (χ0n) is 20.1. The van der Waals surface area contributed by atoms with E-state index >= 15 is 0 Å². The molecule has 0 aliphatic rings. The van der Waals surface area contributed by atoms with E-state index in [1.165, 1.54) is 6.39 Å². The van der Waals surface area contributed by atoms with E-state index in [1.54, 1.807) is 0 Å².